The first-order chi connectivity index (χ1) is 7.75. The van der Waals surface area contributed by atoms with E-state index in [4.69, 9.17) is 15.2 Å². The molecule has 0 aromatic carbocycles. The molecule has 0 radical (unpaired) electrons. The second kappa shape index (κ2) is 5.64. The average molecular weight is 227 g/mol. The molecule has 0 spiro atoms. The fourth-order valence-corrected chi connectivity index (χ4v) is 2.41. The van der Waals surface area contributed by atoms with Gasteiger partial charge in [-0.2, -0.15) is 0 Å². The summed E-state index contributed by atoms with van der Waals surface area (Å²) in [6.07, 6.45) is 5.46. The Balaban J connectivity index is 1.74. The van der Waals surface area contributed by atoms with Crippen molar-refractivity contribution in [3.05, 3.63) is 0 Å². The molecule has 1 heterocycles. The van der Waals surface area contributed by atoms with Crippen molar-refractivity contribution < 1.29 is 14.3 Å². The Hall–Kier alpha value is -0.610. The number of nitrogens with two attached hydrogens (primary N) is 1. The number of ether oxygens (including phenoxy) is 2. The number of hydrogen-bond donors (Lipinski definition) is 1. The van der Waals surface area contributed by atoms with Crippen LogP contribution in [0, 0.1) is 5.92 Å². The minimum Gasteiger partial charge on any atom is -0.462 e. The summed E-state index contributed by atoms with van der Waals surface area (Å²) in [6.45, 7) is 1.43. The standard InChI is InChI=1S/C12H21NO3/c13-10-3-1-9(2-4-10)12(14)16-11-5-7-15-8-6-11/h9-11H,1-8,13H2. The maximum Gasteiger partial charge on any atom is 0.309 e. The summed E-state index contributed by atoms with van der Waals surface area (Å²) in [6, 6.07) is 0.284. The summed E-state index contributed by atoms with van der Waals surface area (Å²) in [7, 11) is 0. The topological polar surface area (TPSA) is 61.6 Å². The zero-order chi connectivity index (χ0) is 11.4. The monoisotopic (exact) mass is 227 g/mol. The molecule has 16 heavy (non-hydrogen) atoms. The number of carbonyl (C=O) groups is 1. The van der Waals surface area contributed by atoms with Crippen LogP contribution in [-0.2, 0) is 14.3 Å². The fourth-order valence-electron chi connectivity index (χ4n) is 2.41. The maximum atomic E-state index is 11.9. The summed E-state index contributed by atoms with van der Waals surface area (Å²) in [5.74, 6) is 0.0708. The van der Waals surface area contributed by atoms with Gasteiger partial charge in [0, 0.05) is 18.9 Å². The van der Waals surface area contributed by atoms with Crippen molar-refractivity contribution >= 4 is 5.97 Å². The molecule has 2 aliphatic rings. The van der Waals surface area contributed by atoms with Crippen molar-refractivity contribution in [3.63, 3.8) is 0 Å². The highest BCUT2D eigenvalue weighted by molar-refractivity contribution is 5.72. The van der Waals surface area contributed by atoms with Gasteiger partial charge in [-0.15, -0.1) is 0 Å². The molecule has 0 unspecified atom stereocenters. The molecule has 0 bridgehead atoms. The van der Waals surface area contributed by atoms with E-state index >= 15 is 0 Å². The average Bonchev–Trinajstić information content (AvgIpc) is 2.31. The molecule has 0 atom stereocenters. The lowest BCUT2D eigenvalue weighted by Crippen LogP contribution is -2.33. The first-order valence-corrected chi connectivity index (χ1v) is 6.29. The Labute approximate surface area is 96.5 Å². The second-order valence-corrected chi connectivity index (χ2v) is 4.86. The van der Waals surface area contributed by atoms with Crippen LogP contribution in [0.2, 0.25) is 0 Å². The van der Waals surface area contributed by atoms with Crippen LogP contribution in [0.15, 0.2) is 0 Å². The van der Waals surface area contributed by atoms with Crippen LogP contribution < -0.4 is 5.73 Å². The van der Waals surface area contributed by atoms with Gasteiger partial charge in [0.1, 0.15) is 6.10 Å². The molecule has 1 saturated carbocycles. The Bertz CT molecular complexity index is 230. The summed E-state index contributed by atoms with van der Waals surface area (Å²) in [4.78, 5) is 11.9. The van der Waals surface area contributed by atoms with E-state index in [-0.39, 0.29) is 24.0 Å². The highest BCUT2D eigenvalue weighted by Crippen LogP contribution is 2.25. The van der Waals surface area contributed by atoms with Gasteiger partial charge in [-0.3, -0.25) is 4.79 Å². The molecule has 0 aromatic heterocycles. The van der Waals surface area contributed by atoms with Crippen molar-refractivity contribution in [3.8, 4) is 0 Å². The lowest BCUT2D eigenvalue weighted by molar-refractivity contribution is -0.159. The molecule has 1 saturated heterocycles. The van der Waals surface area contributed by atoms with Crippen LogP contribution in [0.4, 0.5) is 0 Å². The SMILES string of the molecule is NC1CCC(C(=O)OC2CCOCC2)CC1. The van der Waals surface area contributed by atoms with Gasteiger partial charge in [0.15, 0.2) is 0 Å². The molecule has 4 nitrogen and oxygen atoms in total. The molecule has 1 aliphatic heterocycles. The van der Waals surface area contributed by atoms with Gasteiger partial charge < -0.3 is 15.2 Å². The lowest BCUT2D eigenvalue weighted by Gasteiger charge is -2.28. The smallest absolute Gasteiger partial charge is 0.309 e. The lowest BCUT2D eigenvalue weighted by atomic mass is 9.86. The van der Waals surface area contributed by atoms with E-state index in [1.54, 1.807) is 0 Å². The second-order valence-electron chi connectivity index (χ2n) is 4.86. The van der Waals surface area contributed by atoms with Crippen LogP contribution >= 0.6 is 0 Å². The normalized spacial score (nSPS) is 32.3. The third-order valence-corrected chi connectivity index (χ3v) is 3.56. The van der Waals surface area contributed by atoms with Crippen LogP contribution in [0.5, 0.6) is 0 Å². The van der Waals surface area contributed by atoms with Gasteiger partial charge in [0.25, 0.3) is 0 Å². The predicted octanol–water partition coefficient (Wildman–Crippen LogP) is 1.23. The zero-order valence-corrected chi connectivity index (χ0v) is 9.69. The Morgan fingerprint density at radius 1 is 1.06 bits per heavy atom. The van der Waals surface area contributed by atoms with Crippen molar-refractivity contribution in [2.24, 2.45) is 11.7 Å². The Kier molecular flexibility index (Phi) is 4.18. The van der Waals surface area contributed by atoms with E-state index in [2.05, 4.69) is 0 Å². The van der Waals surface area contributed by atoms with Gasteiger partial charge in [0.05, 0.1) is 19.1 Å². The number of rotatable bonds is 2. The molecule has 1 aliphatic carbocycles. The maximum absolute atomic E-state index is 11.9. The summed E-state index contributed by atoms with van der Waals surface area (Å²) in [5, 5.41) is 0. The van der Waals surface area contributed by atoms with Crippen LogP contribution in [0.1, 0.15) is 38.5 Å². The van der Waals surface area contributed by atoms with E-state index in [0.717, 1.165) is 38.5 Å². The van der Waals surface area contributed by atoms with E-state index < -0.39 is 0 Å². The van der Waals surface area contributed by atoms with Gasteiger partial charge in [-0.25, -0.2) is 0 Å². The van der Waals surface area contributed by atoms with Gasteiger partial charge >= 0.3 is 5.97 Å². The van der Waals surface area contributed by atoms with Crippen LogP contribution in [0.25, 0.3) is 0 Å². The van der Waals surface area contributed by atoms with E-state index in [1.807, 2.05) is 0 Å². The van der Waals surface area contributed by atoms with E-state index in [9.17, 15) is 4.79 Å². The predicted molar refractivity (Wildman–Crippen MR) is 59.9 cm³/mol. The molecule has 2 rings (SSSR count). The number of hydrogen-bond acceptors (Lipinski definition) is 4. The quantitative estimate of drug-likeness (QED) is 0.721. The summed E-state index contributed by atoms with van der Waals surface area (Å²) < 4.78 is 10.7. The molecule has 4 heteroatoms. The molecule has 2 N–H and O–H groups in total. The zero-order valence-electron chi connectivity index (χ0n) is 9.69. The Morgan fingerprint density at radius 2 is 1.69 bits per heavy atom. The minimum absolute atomic E-state index is 0.0150. The van der Waals surface area contributed by atoms with Gasteiger partial charge in [0.2, 0.25) is 0 Å². The first-order valence-electron chi connectivity index (χ1n) is 6.29. The number of esters is 1. The molecule has 92 valence electrons. The largest absolute Gasteiger partial charge is 0.462 e. The third kappa shape index (κ3) is 3.19. The summed E-state index contributed by atoms with van der Waals surface area (Å²) >= 11 is 0. The van der Waals surface area contributed by atoms with Crippen molar-refractivity contribution in [2.75, 3.05) is 13.2 Å². The summed E-state index contributed by atoms with van der Waals surface area (Å²) in [5.41, 5.74) is 5.81. The van der Waals surface area contributed by atoms with E-state index in [0.29, 0.717) is 13.2 Å². The van der Waals surface area contributed by atoms with Crippen LogP contribution in [-0.4, -0.2) is 31.3 Å². The fraction of sp³-hybridized carbons (Fsp3) is 0.917. The Morgan fingerprint density at radius 3 is 2.31 bits per heavy atom. The van der Waals surface area contributed by atoms with Crippen molar-refractivity contribution in [2.45, 2.75) is 50.7 Å². The number of carbonyl (C=O) groups excluding carboxylic acids is 1. The van der Waals surface area contributed by atoms with Crippen molar-refractivity contribution in [1.82, 2.24) is 0 Å². The van der Waals surface area contributed by atoms with Crippen molar-refractivity contribution in [1.29, 1.82) is 0 Å². The molecular weight excluding hydrogens is 206 g/mol. The van der Waals surface area contributed by atoms with E-state index in [1.165, 1.54) is 0 Å². The van der Waals surface area contributed by atoms with Crippen LogP contribution in [0.3, 0.4) is 0 Å². The molecule has 0 amide bonds. The van der Waals surface area contributed by atoms with Gasteiger partial charge in [-0.05, 0) is 25.7 Å². The highest BCUT2D eigenvalue weighted by atomic mass is 16.6. The molecule has 2 fully saturated rings. The first kappa shape index (κ1) is 11.9. The molecular formula is C12H21NO3. The molecule has 0 aromatic rings. The third-order valence-electron chi connectivity index (χ3n) is 3.56. The van der Waals surface area contributed by atoms with Gasteiger partial charge in [-0.1, -0.05) is 0 Å². The highest BCUT2D eigenvalue weighted by Gasteiger charge is 2.28. The minimum atomic E-state index is -0.0150.